The number of benzene rings is 3. The molecule has 4 rings (SSSR count). The molecule has 0 unspecified atom stereocenters. The summed E-state index contributed by atoms with van der Waals surface area (Å²) < 4.78 is 0. The fraction of sp³-hybridized carbons (Fsp3) is 0.0476. The van der Waals surface area contributed by atoms with Crippen LogP contribution in [0.4, 0.5) is 4.79 Å². The molecule has 0 spiro atoms. The number of amides is 2. The Morgan fingerprint density at radius 2 is 1.56 bits per heavy atom. The molecule has 0 N–H and O–H groups in total. The fourth-order valence-electron chi connectivity index (χ4n) is 2.94. The van der Waals surface area contributed by atoms with E-state index in [1.807, 2.05) is 72.8 Å². The highest BCUT2D eigenvalue weighted by molar-refractivity contribution is 8.18. The van der Waals surface area contributed by atoms with Crippen molar-refractivity contribution in [1.82, 2.24) is 4.90 Å². The van der Waals surface area contributed by atoms with Crippen LogP contribution < -0.4 is 0 Å². The first-order valence-electron chi connectivity index (χ1n) is 7.99. The van der Waals surface area contributed by atoms with Crippen molar-refractivity contribution >= 4 is 39.8 Å². The summed E-state index contributed by atoms with van der Waals surface area (Å²) in [6, 6.07) is 23.5. The molecular formula is C21H15NO2S. The Kier molecular flexibility index (Phi) is 4.12. The largest absolute Gasteiger partial charge is 0.293 e. The van der Waals surface area contributed by atoms with Crippen molar-refractivity contribution in [1.29, 1.82) is 0 Å². The number of rotatable bonds is 3. The van der Waals surface area contributed by atoms with Crippen molar-refractivity contribution in [2.24, 2.45) is 0 Å². The van der Waals surface area contributed by atoms with Crippen molar-refractivity contribution in [3.63, 3.8) is 0 Å². The summed E-state index contributed by atoms with van der Waals surface area (Å²) in [5.74, 6) is -0.230. The van der Waals surface area contributed by atoms with Gasteiger partial charge in [-0.15, -0.1) is 0 Å². The highest BCUT2D eigenvalue weighted by Gasteiger charge is 2.35. The van der Waals surface area contributed by atoms with Crippen LogP contribution in [-0.2, 0) is 11.3 Å². The van der Waals surface area contributed by atoms with E-state index in [-0.39, 0.29) is 17.7 Å². The SMILES string of the molecule is O=C1SC(=Cc2ccccc2)C(=O)N1Cc1cccc2ccccc12. The standard InChI is InChI=1S/C21H15NO2S/c23-20-19(13-15-7-2-1-3-8-15)25-21(24)22(20)14-17-11-6-10-16-9-4-5-12-18(16)17/h1-13H,14H2. The summed E-state index contributed by atoms with van der Waals surface area (Å²) in [4.78, 5) is 26.8. The topological polar surface area (TPSA) is 37.4 Å². The zero-order valence-electron chi connectivity index (χ0n) is 13.4. The minimum absolute atomic E-state index is 0.222. The van der Waals surface area contributed by atoms with Gasteiger partial charge in [-0.1, -0.05) is 72.8 Å². The van der Waals surface area contributed by atoms with Crippen molar-refractivity contribution in [3.05, 3.63) is 88.8 Å². The Morgan fingerprint density at radius 3 is 2.40 bits per heavy atom. The maximum atomic E-state index is 12.7. The van der Waals surface area contributed by atoms with Gasteiger partial charge >= 0.3 is 0 Å². The summed E-state index contributed by atoms with van der Waals surface area (Å²) in [7, 11) is 0. The second kappa shape index (κ2) is 6.57. The first kappa shape index (κ1) is 15.7. The van der Waals surface area contributed by atoms with Gasteiger partial charge in [0, 0.05) is 0 Å². The van der Waals surface area contributed by atoms with Gasteiger partial charge in [0.2, 0.25) is 0 Å². The molecule has 25 heavy (non-hydrogen) atoms. The minimum Gasteiger partial charge on any atom is -0.268 e. The first-order valence-corrected chi connectivity index (χ1v) is 8.81. The Balaban J connectivity index is 1.64. The number of fused-ring (bicyclic) bond motifs is 1. The lowest BCUT2D eigenvalue weighted by Gasteiger charge is -2.14. The molecule has 0 aromatic heterocycles. The van der Waals surface area contributed by atoms with Crippen molar-refractivity contribution < 1.29 is 9.59 Å². The highest BCUT2D eigenvalue weighted by atomic mass is 32.2. The van der Waals surface area contributed by atoms with Crippen LogP contribution in [0.25, 0.3) is 16.8 Å². The van der Waals surface area contributed by atoms with Crippen molar-refractivity contribution in [2.45, 2.75) is 6.54 Å². The molecule has 122 valence electrons. The van der Waals surface area contributed by atoms with Crippen molar-refractivity contribution in [2.75, 3.05) is 0 Å². The van der Waals surface area contributed by atoms with Gasteiger partial charge in [0.15, 0.2) is 0 Å². The van der Waals surface area contributed by atoms with Crippen LogP contribution in [0.1, 0.15) is 11.1 Å². The number of carbonyl (C=O) groups excluding carboxylic acids is 2. The second-order valence-electron chi connectivity index (χ2n) is 5.82. The monoisotopic (exact) mass is 345 g/mol. The first-order chi connectivity index (χ1) is 12.2. The molecule has 3 aromatic rings. The van der Waals surface area contributed by atoms with Crippen LogP contribution in [0.3, 0.4) is 0 Å². The summed E-state index contributed by atoms with van der Waals surface area (Å²) in [5.41, 5.74) is 1.89. The Bertz CT molecular complexity index is 990. The summed E-state index contributed by atoms with van der Waals surface area (Å²) in [5, 5.41) is 1.95. The number of hydrogen-bond acceptors (Lipinski definition) is 3. The van der Waals surface area contributed by atoms with Gasteiger partial charge < -0.3 is 0 Å². The molecule has 1 fully saturated rings. The van der Waals surface area contributed by atoms with Gasteiger partial charge in [-0.25, -0.2) is 0 Å². The molecule has 0 atom stereocenters. The van der Waals surface area contributed by atoms with Crippen LogP contribution in [-0.4, -0.2) is 16.0 Å². The van der Waals surface area contributed by atoms with E-state index < -0.39 is 0 Å². The van der Waals surface area contributed by atoms with E-state index in [1.165, 1.54) is 4.90 Å². The van der Waals surface area contributed by atoms with Gasteiger partial charge in [-0.2, -0.15) is 0 Å². The smallest absolute Gasteiger partial charge is 0.268 e. The molecule has 0 aliphatic carbocycles. The van der Waals surface area contributed by atoms with Crippen LogP contribution >= 0.6 is 11.8 Å². The number of hydrogen-bond donors (Lipinski definition) is 0. The summed E-state index contributed by atoms with van der Waals surface area (Å²) in [6.45, 7) is 0.290. The van der Waals surface area contributed by atoms with Crippen LogP contribution in [0, 0.1) is 0 Å². The summed E-state index contributed by atoms with van der Waals surface area (Å²) >= 11 is 1.000. The zero-order chi connectivity index (χ0) is 17.2. The Hall–Kier alpha value is -2.85. The van der Waals surface area contributed by atoms with Gasteiger partial charge in [0.1, 0.15) is 0 Å². The van der Waals surface area contributed by atoms with E-state index in [0.29, 0.717) is 4.91 Å². The number of nitrogens with zero attached hydrogens (tertiary/aromatic N) is 1. The molecule has 4 heteroatoms. The maximum absolute atomic E-state index is 12.7. The van der Waals surface area contributed by atoms with Crippen LogP contribution in [0.2, 0.25) is 0 Å². The van der Waals surface area contributed by atoms with Gasteiger partial charge in [0.25, 0.3) is 11.1 Å². The summed E-state index contributed by atoms with van der Waals surface area (Å²) in [6.07, 6.45) is 1.77. The molecule has 3 aromatic carbocycles. The molecule has 3 nitrogen and oxygen atoms in total. The maximum Gasteiger partial charge on any atom is 0.293 e. The third-order valence-corrected chi connectivity index (χ3v) is 5.09. The number of imide groups is 1. The molecular weight excluding hydrogens is 330 g/mol. The molecule has 0 saturated carbocycles. The second-order valence-corrected chi connectivity index (χ2v) is 6.81. The lowest BCUT2D eigenvalue weighted by molar-refractivity contribution is -0.123. The predicted molar refractivity (Wildman–Crippen MR) is 102 cm³/mol. The van der Waals surface area contributed by atoms with E-state index >= 15 is 0 Å². The van der Waals surface area contributed by atoms with Gasteiger partial charge in [-0.05, 0) is 39.7 Å². The van der Waals surface area contributed by atoms with Gasteiger partial charge in [0.05, 0.1) is 11.4 Å². The number of carbonyl (C=O) groups is 2. The molecule has 1 saturated heterocycles. The Labute approximate surface area is 150 Å². The fourth-order valence-corrected chi connectivity index (χ4v) is 3.78. The average Bonchev–Trinajstić information content (AvgIpc) is 2.90. The lowest BCUT2D eigenvalue weighted by atomic mass is 10.0. The lowest BCUT2D eigenvalue weighted by Crippen LogP contribution is -2.27. The van der Waals surface area contributed by atoms with E-state index in [2.05, 4.69) is 0 Å². The molecule has 1 aliphatic rings. The number of thioether (sulfide) groups is 1. The quantitative estimate of drug-likeness (QED) is 0.622. The zero-order valence-corrected chi connectivity index (χ0v) is 14.2. The van der Waals surface area contributed by atoms with E-state index in [4.69, 9.17) is 0 Å². The third-order valence-electron chi connectivity index (χ3n) is 4.18. The van der Waals surface area contributed by atoms with Gasteiger partial charge in [-0.3, -0.25) is 14.5 Å². The van der Waals surface area contributed by atoms with Crippen molar-refractivity contribution in [3.8, 4) is 0 Å². The van der Waals surface area contributed by atoms with E-state index in [9.17, 15) is 9.59 Å². The minimum atomic E-state index is -0.230. The third kappa shape index (κ3) is 3.08. The normalized spacial score (nSPS) is 16.2. The molecule has 1 aliphatic heterocycles. The molecule has 0 bridgehead atoms. The van der Waals surface area contributed by atoms with Crippen LogP contribution in [0.5, 0.6) is 0 Å². The van der Waals surface area contributed by atoms with E-state index in [0.717, 1.165) is 33.7 Å². The molecule has 1 heterocycles. The van der Waals surface area contributed by atoms with Crippen LogP contribution in [0.15, 0.2) is 77.7 Å². The molecule has 2 amide bonds. The average molecular weight is 345 g/mol. The van der Waals surface area contributed by atoms with E-state index in [1.54, 1.807) is 6.08 Å². The Morgan fingerprint density at radius 1 is 0.840 bits per heavy atom. The highest BCUT2D eigenvalue weighted by Crippen LogP contribution is 2.34. The predicted octanol–water partition coefficient (Wildman–Crippen LogP) is 5.08. The molecule has 0 radical (unpaired) electrons.